The molecule has 0 heteroatoms. The highest BCUT2D eigenvalue weighted by Crippen LogP contribution is 2.21. The number of hydrogen-bond donors (Lipinski definition) is 0. The topological polar surface area (TPSA) is 0 Å². The SMILES string of the molecule is C=C(C)C(CCC)CCCC.CC. The zero-order valence-electron chi connectivity index (χ0n) is 10.3. The van der Waals surface area contributed by atoms with Crippen LogP contribution in [0.25, 0.3) is 0 Å². The summed E-state index contributed by atoms with van der Waals surface area (Å²) in [5, 5.41) is 0. The van der Waals surface area contributed by atoms with Gasteiger partial charge in [0.25, 0.3) is 0 Å². The first-order valence-corrected chi connectivity index (χ1v) is 5.87. The van der Waals surface area contributed by atoms with Gasteiger partial charge in [0.1, 0.15) is 0 Å². The highest BCUT2D eigenvalue weighted by molar-refractivity contribution is 4.95. The van der Waals surface area contributed by atoms with Gasteiger partial charge in [-0.3, -0.25) is 0 Å². The molecule has 0 amide bonds. The lowest BCUT2D eigenvalue weighted by Gasteiger charge is -2.14. The molecule has 0 aromatic carbocycles. The third-order valence-corrected chi connectivity index (χ3v) is 2.24. The molecule has 0 saturated carbocycles. The molecule has 0 radical (unpaired) electrons. The van der Waals surface area contributed by atoms with Crippen molar-refractivity contribution < 1.29 is 0 Å². The van der Waals surface area contributed by atoms with Crippen LogP contribution in [0.1, 0.15) is 66.7 Å². The lowest BCUT2D eigenvalue weighted by atomic mass is 9.91. The van der Waals surface area contributed by atoms with Crippen LogP contribution in [0.5, 0.6) is 0 Å². The van der Waals surface area contributed by atoms with Crippen molar-refractivity contribution in [3.05, 3.63) is 12.2 Å². The van der Waals surface area contributed by atoms with Gasteiger partial charge in [0.2, 0.25) is 0 Å². The Labute approximate surface area is 85.4 Å². The summed E-state index contributed by atoms with van der Waals surface area (Å²) in [4.78, 5) is 0. The zero-order chi connectivity index (χ0) is 10.7. The highest BCUT2D eigenvalue weighted by Gasteiger charge is 2.06. The fraction of sp³-hybridized carbons (Fsp3) is 0.846. The molecule has 0 heterocycles. The highest BCUT2D eigenvalue weighted by atomic mass is 14.1. The Morgan fingerprint density at radius 1 is 1.08 bits per heavy atom. The summed E-state index contributed by atoms with van der Waals surface area (Å²) in [5.41, 5.74) is 1.38. The van der Waals surface area contributed by atoms with Gasteiger partial charge in [0, 0.05) is 0 Å². The Balaban J connectivity index is 0. The zero-order valence-corrected chi connectivity index (χ0v) is 10.3. The van der Waals surface area contributed by atoms with E-state index in [4.69, 9.17) is 0 Å². The molecule has 1 atom stereocenters. The first kappa shape index (κ1) is 15.2. The number of unbranched alkanes of at least 4 members (excludes halogenated alkanes) is 1. The van der Waals surface area contributed by atoms with Crippen LogP contribution in [0, 0.1) is 5.92 Å². The fourth-order valence-electron chi connectivity index (χ4n) is 1.44. The van der Waals surface area contributed by atoms with Crippen molar-refractivity contribution in [1.29, 1.82) is 0 Å². The Morgan fingerprint density at radius 3 is 1.92 bits per heavy atom. The molecule has 0 aromatic rings. The van der Waals surface area contributed by atoms with Crippen molar-refractivity contribution in [3.63, 3.8) is 0 Å². The van der Waals surface area contributed by atoms with Gasteiger partial charge in [-0.25, -0.2) is 0 Å². The van der Waals surface area contributed by atoms with Crippen molar-refractivity contribution >= 4 is 0 Å². The smallest absolute Gasteiger partial charge is 0.0209 e. The van der Waals surface area contributed by atoms with Crippen LogP contribution in [0.15, 0.2) is 12.2 Å². The molecule has 0 aliphatic rings. The minimum Gasteiger partial charge on any atom is -0.0999 e. The standard InChI is InChI=1S/C11H22.C2H6/c1-5-7-9-11(8-6-2)10(3)4;1-2/h11H,3,5-9H2,1-2,4H3;1-2H3. The lowest BCUT2D eigenvalue weighted by Crippen LogP contribution is -2.00. The summed E-state index contributed by atoms with van der Waals surface area (Å²) < 4.78 is 0. The number of allylic oxidation sites excluding steroid dienone is 1. The van der Waals surface area contributed by atoms with Gasteiger partial charge in [0.05, 0.1) is 0 Å². The van der Waals surface area contributed by atoms with Crippen LogP contribution in [0.3, 0.4) is 0 Å². The van der Waals surface area contributed by atoms with E-state index in [-0.39, 0.29) is 0 Å². The summed E-state index contributed by atoms with van der Waals surface area (Å²) in [7, 11) is 0. The molecule has 80 valence electrons. The fourth-order valence-corrected chi connectivity index (χ4v) is 1.44. The minimum atomic E-state index is 0.792. The van der Waals surface area contributed by atoms with E-state index < -0.39 is 0 Å². The van der Waals surface area contributed by atoms with Crippen LogP contribution in [0.2, 0.25) is 0 Å². The predicted octanol–water partition coefficient (Wildman–Crippen LogP) is 5.20. The molecule has 0 fully saturated rings. The van der Waals surface area contributed by atoms with E-state index in [1.165, 1.54) is 37.7 Å². The van der Waals surface area contributed by atoms with Gasteiger partial charge < -0.3 is 0 Å². The molecule has 0 aromatic heterocycles. The van der Waals surface area contributed by atoms with Crippen LogP contribution in [0.4, 0.5) is 0 Å². The molecule has 1 unspecified atom stereocenters. The molecule has 0 N–H and O–H groups in total. The second-order valence-electron chi connectivity index (χ2n) is 3.47. The summed E-state index contributed by atoms with van der Waals surface area (Å²) in [6.45, 7) is 14.7. The molecule has 0 aliphatic carbocycles. The predicted molar refractivity (Wildman–Crippen MR) is 64.1 cm³/mol. The second kappa shape index (κ2) is 11.7. The number of hydrogen-bond acceptors (Lipinski definition) is 0. The van der Waals surface area contributed by atoms with Crippen molar-refractivity contribution in [3.8, 4) is 0 Å². The molecule has 0 aliphatic heterocycles. The van der Waals surface area contributed by atoms with Gasteiger partial charge >= 0.3 is 0 Å². The third-order valence-electron chi connectivity index (χ3n) is 2.24. The Morgan fingerprint density at radius 2 is 1.62 bits per heavy atom. The van der Waals surface area contributed by atoms with E-state index in [0.29, 0.717) is 0 Å². The van der Waals surface area contributed by atoms with Crippen LogP contribution in [-0.2, 0) is 0 Å². The van der Waals surface area contributed by atoms with E-state index in [9.17, 15) is 0 Å². The molecule has 13 heavy (non-hydrogen) atoms. The average Bonchev–Trinajstić information content (AvgIpc) is 2.15. The Hall–Kier alpha value is -0.260. The maximum atomic E-state index is 4.03. The van der Waals surface area contributed by atoms with E-state index in [0.717, 1.165) is 5.92 Å². The second-order valence-corrected chi connectivity index (χ2v) is 3.47. The normalized spacial score (nSPS) is 11.5. The van der Waals surface area contributed by atoms with Crippen LogP contribution in [-0.4, -0.2) is 0 Å². The molecule has 0 saturated heterocycles. The Bertz CT molecular complexity index is 103. The average molecular weight is 184 g/mol. The maximum Gasteiger partial charge on any atom is -0.0209 e. The summed E-state index contributed by atoms with van der Waals surface area (Å²) in [6.07, 6.45) is 6.64. The van der Waals surface area contributed by atoms with E-state index in [1.807, 2.05) is 13.8 Å². The summed E-state index contributed by atoms with van der Waals surface area (Å²) in [5.74, 6) is 0.792. The molecular weight excluding hydrogens is 156 g/mol. The van der Waals surface area contributed by atoms with Crippen LogP contribution < -0.4 is 0 Å². The molecule has 0 rings (SSSR count). The quantitative estimate of drug-likeness (QED) is 0.498. The van der Waals surface area contributed by atoms with Gasteiger partial charge in [-0.1, -0.05) is 59.1 Å². The molecule has 0 bridgehead atoms. The van der Waals surface area contributed by atoms with Gasteiger partial charge in [-0.05, 0) is 25.7 Å². The van der Waals surface area contributed by atoms with Gasteiger partial charge in [-0.2, -0.15) is 0 Å². The van der Waals surface area contributed by atoms with E-state index >= 15 is 0 Å². The van der Waals surface area contributed by atoms with Crippen molar-refractivity contribution in [2.45, 2.75) is 66.7 Å². The van der Waals surface area contributed by atoms with Crippen molar-refractivity contribution in [2.24, 2.45) is 5.92 Å². The first-order chi connectivity index (χ1) is 6.22. The lowest BCUT2D eigenvalue weighted by molar-refractivity contribution is 0.490. The monoisotopic (exact) mass is 184 g/mol. The summed E-state index contributed by atoms with van der Waals surface area (Å²) >= 11 is 0. The largest absolute Gasteiger partial charge is 0.0999 e. The van der Waals surface area contributed by atoms with Crippen molar-refractivity contribution in [2.75, 3.05) is 0 Å². The molecule has 0 spiro atoms. The molecular formula is C13H28. The van der Waals surface area contributed by atoms with Gasteiger partial charge in [0.15, 0.2) is 0 Å². The van der Waals surface area contributed by atoms with Crippen LogP contribution >= 0.6 is 0 Å². The van der Waals surface area contributed by atoms with E-state index in [2.05, 4.69) is 27.4 Å². The molecule has 0 nitrogen and oxygen atoms in total. The van der Waals surface area contributed by atoms with E-state index in [1.54, 1.807) is 0 Å². The maximum absolute atomic E-state index is 4.03. The Kier molecular flexibility index (Phi) is 13.7. The van der Waals surface area contributed by atoms with Crippen molar-refractivity contribution in [1.82, 2.24) is 0 Å². The van der Waals surface area contributed by atoms with Gasteiger partial charge in [-0.15, -0.1) is 0 Å². The summed E-state index contributed by atoms with van der Waals surface area (Å²) in [6, 6.07) is 0. The third kappa shape index (κ3) is 9.66. The first-order valence-electron chi connectivity index (χ1n) is 5.87. The number of rotatable bonds is 6. The minimum absolute atomic E-state index is 0.792.